The van der Waals surface area contributed by atoms with Crippen LogP contribution in [-0.2, 0) is 0 Å². The summed E-state index contributed by atoms with van der Waals surface area (Å²) in [4.78, 5) is 13.2. The monoisotopic (exact) mass is 328 g/mol. The topological polar surface area (TPSA) is 83.4 Å². The van der Waals surface area contributed by atoms with Crippen LogP contribution in [0.15, 0.2) is 48.5 Å². The van der Waals surface area contributed by atoms with E-state index in [9.17, 15) is 5.11 Å². The summed E-state index contributed by atoms with van der Waals surface area (Å²) in [6, 6.07) is 15.8. The second-order valence-corrected chi connectivity index (χ2v) is 6.17. The number of rotatable bonds is 0. The molecule has 0 aliphatic carbocycles. The quantitative estimate of drug-likeness (QED) is 0.320. The molecular formula is C20H16N4O. The normalized spacial score (nSPS) is 13.0. The summed E-state index contributed by atoms with van der Waals surface area (Å²) in [5.41, 5.74) is 3.61. The summed E-state index contributed by atoms with van der Waals surface area (Å²) in [6.07, 6.45) is 6.09. The van der Waals surface area contributed by atoms with Crippen molar-refractivity contribution in [1.82, 2.24) is 19.9 Å². The van der Waals surface area contributed by atoms with Crippen LogP contribution in [0.25, 0.3) is 24.0 Å². The van der Waals surface area contributed by atoms with Crippen LogP contribution in [0, 0.1) is 0 Å². The van der Waals surface area contributed by atoms with Gasteiger partial charge in [0.15, 0.2) is 5.76 Å². The van der Waals surface area contributed by atoms with Gasteiger partial charge in [-0.2, -0.15) is 0 Å². The van der Waals surface area contributed by atoms with Gasteiger partial charge in [-0.05, 0) is 66.8 Å². The Labute approximate surface area is 142 Å². The zero-order valence-corrected chi connectivity index (χ0v) is 13.3. The molecule has 4 aromatic rings. The van der Waals surface area contributed by atoms with E-state index < -0.39 is 0 Å². The summed E-state index contributed by atoms with van der Waals surface area (Å²) in [6.45, 7) is 0. The van der Waals surface area contributed by atoms with Crippen molar-refractivity contribution in [2.24, 2.45) is 0 Å². The number of hydrogen-bond donors (Lipinski definition) is 5. The third kappa shape index (κ3) is 2.52. The number of nitrogens with one attached hydrogen (secondary N) is 4. The standard InChI is InChI=1S/C20H16N4O/c25-20-18-7-5-16(23-18)10-14-3-1-12(21-14)9-13-2-4-15(22-13)11-17-6-8-19(20)24-17/h1-11,21-25H. The molecule has 0 fully saturated rings. The van der Waals surface area contributed by atoms with Crippen LogP contribution in [0.1, 0.15) is 22.8 Å². The van der Waals surface area contributed by atoms with Gasteiger partial charge in [0, 0.05) is 33.1 Å². The van der Waals surface area contributed by atoms with E-state index in [0.717, 1.165) is 33.1 Å². The first-order valence-corrected chi connectivity index (χ1v) is 8.10. The van der Waals surface area contributed by atoms with Crippen LogP contribution >= 0.6 is 0 Å². The lowest BCUT2D eigenvalue weighted by molar-refractivity contribution is 0.503. The van der Waals surface area contributed by atoms with Crippen molar-refractivity contribution < 1.29 is 5.11 Å². The van der Waals surface area contributed by atoms with E-state index in [1.165, 1.54) is 0 Å². The maximum absolute atomic E-state index is 10.5. The zero-order chi connectivity index (χ0) is 16.8. The molecule has 1 aliphatic heterocycles. The minimum absolute atomic E-state index is 0.194. The Morgan fingerprint density at radius 2 is 1.08 bits per heavy atom. The minimum atomic E-state index is 0.194. The smallest absolute Gasteiger partial charge is 0.162 e. The van der Waals surface area contributed by atoms with Gasteiger partial charge in [-0.1, -0.05) is 0 Å². The predicted octanol–water partition coefficient (Wildman–Crippen LogP) is 0.513. The fourth-order valence-corrected chi connectivity index (χ4v) is 3.11. The highest BCUT2D eigenvalue weighted by atomic mass is 16.3. The van der Waals surface area contributed by atoms with Crippen LogP contribution < -0.4 is 21.4 Å². The van der Waals surface area contributed by atoms with Crippen LogP contribution in [0.2, 0.25) is 0 Å². The highest BCUT2D eigenvalue weighted by Gasteiger charge is 2.04. The van der Waals surface area contributed by atoms with Crippen LogP contribution in [0.5, 0.6) is 0 Å². The molecule has 5 heterocycles. The largest absolute Gasteiger partial charge is 0.504 e. The van der Waals surface area contributed by atoms with E-state index in [2.05, 4.69) is 26.0 Å². The number of fused-ring (bicyclic) bond motifs is 8. The molecule has 0 spiro atoms. The Morgan fingerprint density at radius 1 is 0.520 bits per heavy atom. The van der Waals surface area contributed by atoms with Gasteiger partial charge >= 0.3 is 0 Å². The lowest BCUT2D eigenvalue weighted by Crippen LogP contribution is -2.13. The number of aliphatic hydroxyl groups excluding tert-OH is 1. The number of aromatic nitrogens is 4. The molecule has 0 saturated carbocycles. The average Bonchev–Trinajstić information content (AvgIpc) is 3.36. The molecule has 0 atom stereocenters. The molecule has 5 N–H and O–H groups in total. The third-order valence-corrected chi connectivity index (χ3v) is 4.32. The molecule has 25 heavy (non-hydrogen) atoms. The highest BCUT2D eigenvalue weighted by molar-refractivity contribution is 5.58. The molecule has 0 radical (unpaired) electrons. The molecule has 5 nitrogen and oxygen atoms in total. The fraction of sp³-hybridized carbons (Fsp3) is 0. The molecule has 4 aromatic heterocycles. The van der Waals surface area contributed by atoms with Crippen molar-refractivity contribution in [3.63, 3.8) is 0 Å². The second kappa shape index (κ2) is 5.21. The molecule has 5 rings (SSSR count). The summed E-state index contributed by atoms with van der Waals surface area (Å²) < 4.78 is 0. The van der Waals surface area contributed by atoms with E-state index in [1.54, 1.807) is 0 Å². The van der Waals surface area contributed by atoms with Crippen molar-refractivity contribution in [2.45, 2.75) is 0 Å². The van der Waals surface area contributed by atoms with Crippen molar-refractivity contribution >= 4 is 24.0 Å². The SMILES string of the molecule is OC1=c2ccc([nH]2)=Cc2ccc([nH]2)C=c2ccc([nH]2)=Cc2ccc1[nH]2. The van der Waals surface area contributed by atoms with Gasteiger partial charge < -0.3 is 25.0 Å². The van der Waals surface area contributed by atoms with Gasteiger partial charge in [-0.3, -0.25) is 0 Å². The first kappa shape index (κ1) is 13.8. The Bertz CT molecular complexity index is 1310. The number of hydrogen-bond acceptors (Lipinski definition) is 1. The summed E-state index contributed by atoms with van der Waals surface area (Å²) >= 11 is 0. The number of H-pyrrole nitrogens is 4. The summed E-state index contributed by atoms with van der Waals surface area (Å²) in [5, 5.41) is 14.1. The van der Waals surface area contributed by atoms with Gasteiger partial charge in [0.25, 0.3) is 0 Å². The van der Waals surface area contributed by atoms with E-state index in [0.29, 0.717) is 11.0 Å². The van der Waals surface area contributed by atoms with Gasteiger partial charge in [0.2, 0.25) is 0 Å². The predicted molar refractivity (Wildman–Crippen MR) is 97.5 cm³/mol. The van der Waals surface area contributed by atoms with Gasteiger partial charge in [0.1, 0.15) is 0 Å². The van der Waals surface area contributed by atoms with E-state index in [1.807, 2.05) is 60.7 Å². The molecule has 122 valence electrons. The molecule has 1 aliphatic rings. The molecule has 0 saturated heterocycles. The first-order valence-electron chi connectivity index (χ1n) is 8.10. The maximum atomic E-state index is 10.5. The lowest BCUT2D eigenvalue weighted by Gasteiger charge is -1.94. The Morgan fingerprint density at radius 3 is 1.80 bits per heavy atom. The van der Waals surface area contributed by atoms with Crippen LogP contribution in [0.4, 0.5) is 0 Å². The van der Waals surface area contributed by atoms with Crippen LogP contribution in [-0.4, -0.2) is 25.0 Å². The van der Waals surface area contributed by atoms with Crippen molar-refractivity contribution in [3.8, 4) is 0 Å². The Balaban J connectivity index is 1.82. The molecule has 0 amide bonds. The van der Waals surface area contributed by atoms with Gasteiger partial charge in [-0.25, -0.2) is 0 Å². The van der Waals surface area contributed by atoms with Crippen molar-refractivity contribution in [3.05, 3.63) is 92.7 Å². The zero-order valence-electron chi connectivity index (χ0n) is 13.3. The fourth-order valence-electron chi connectivity index (χ4n) is 3.11. The molecule has 5 heteroatoms. The average molecular weight is 328 g/mol. The lowest BCUT2D eigenvalue weighted by atomic mass is 10.3. The number of aliphatic hydroxyl groups is 1. The summed E-state index contributed by atoms with van der Waals surface area (Å²) in [5.74, 6) is 0.194. The van der Waals surface area contributed by atoms with Crippen LogP contribution in [0.3, 0.4) is 0 Å². The van der Waals surface area contributed by atoms with E-state index in [-0.39, 0.29) is 5.76 Å². The second-order valence-electron chi connectivity index (χ2n) is 6.17. The number of aromatic amines is 4. The first-order chi connectivity index (χ1) is 12.2. The molecule has 8 bridgehead atoms. The van der Waals surface area contributed by atoms with Gasteiger partial charge in [-0.15, -0.1) is 0 Å². The molecular weight excluding hydrogens is 312 g/mol. The molecule has 0 unspecified atom stereocenters. The summed E-state index contributed by atoms with van der Waals surface area (Å²) in [7, 11) is 0. The highest BCUT2D eigenvalue weighted by Crippen LogP contribution is 2.09. The Hall–Kier alpha value is -3.60. The van der Waals surface area contributed by atoms with Gasteiger partial charge in [0.05, 0.1) is 11.0 Å². The molecule has 0 aromatic carbocycles. The maximum Gasteiger partial charge on any atom is 0.162 e. The van der Waals surface area contributed by atoms with E-state index in [4.69, 9.17) is 0 Å². The Kier molecular flexibility index (Phi) is 2.87. The van der Waals surface area contributed by atoms with E-state index >= 15 is 0 Å². The minimum Gasteiger partial charge on any atom is -0.504 e. The van der Waals surface area contributed by atoms with Crippen molar-refractivity contribution in [1.29, 1.82) is 0 Å². The third-order valence-electron chi connectivity index (χ3n) is 4.32. The van der Waals surface area contributed by atoms with Crippen molar-refractivity contribution in [2.75, 3.05) is 0 Å².